The Hall–Kier alpha value is -1.59. The highest BCUT2D eigenvalue weighted by atomic mass is 16.4. The third-order valence-corrected chi connectivity index (χ3v) is 4.64. The van der Waals surface area contributed by atoms with Gasteiger partial charge in [-0.05, 0) is 33.6 Å². The summed E-state index contributed by atoms with van der Waals surface area (Å²) in [7, 11) is 0. The van der Waals surface area contributed by atoms with E-state index in [9.17, 15) is 14.4 Å². The van der Waals surface area contributed by atoms with Gasteiger partial charge in [0.1, 0.15) is 0 Å². The fourth-order valence-electron chi connectivity index (χ4n) is 3.35. The molecule has 2 saturated heterocycles. The molecule has 118 valence electrons. The summed E-state index contributed by atoms with van der Waals surface area (Å²) in [5.41, 5.74) is 0. The molecule has 1 N–H and O–H groups in total. The Bertz CT molecular complexity index is 449. The van der Waals surface area contributed by atoms with Gasteiger partial charge in [0.2, 0.25) is 11.8 Å². The summed E-state index contributed by atoms with van der Waals surface area (Å²) >= 11 is 0. The summed E-state index contributed by atoms with van der Waals surface area (Å²) in [6.07, 6.45) is 1.28. The molecule has 0 aromatic heterocycles. The Morgan fingerprint density at radius 2 is 1.95 bits per heavy atom. The Morgan fingerprint density at radius 3 is 2.43 bits per heavy atom. The summed E-state index contributed by atoms with van der Waals surface area (Å²) in [5, 5.41) is 9.07. The third kappa shape index (κ3) is 3.19. The average molecular weight is 296 g/mol. The van der Waals surface area contributed by atoms with Gasteiger partial charge in [0.15, 0.2) is 0 Å². The zero-order valence-corrected chi connectivity index (χ0v) is 12.9. The van der Waals surface area contributed by atoms with Crippen molar-refractivity contribution in [2.24, 2.45) is 11.8 Å². The molecule has 2 aliphatic rings. The number of hydrogen-bond acceptors (Lipinski definition) is 3. The van der Waals surface area contributed by atoms with Gasteiger partial charge in [-0.25, -0.2) is 0 Å². The van der Waals surface area contributed by atoms with Crippen LogP contribution in [0.5, 0.6) is 0 Å². The lowest BCUT2D eigenvalue weighted by Gasteiger charge is -2.37. The predicted octanol–water partition coefficient (Wildman–Crippen LogP) is 0.955. The molecular formula is C15H24N2O4. The highest BCUT2D eigenvalue weighted by Crippen LogP contribution is 2.28. The van der Waals surface area contributed by atoms with Gasteiger partial charge >= 0.3 is 5.97 Å². The first kappa shape index (κ1) is 15.8. The van der Waals surface area contributed by atoms with Crippen molar-refractivity contribution in [3.05, 3.63) is 0 Å². The molecule has 2 fully saturated rings. The second-order valence-electron chi connectivity index (χ2n) is 6.48. The van der Waals surface area contributed by atoms with Crippen LogP contribution in [-0.4, -0.2) is 57.9 Å². The SMILES string of the molecule is CC(C)N1CC(C(=O)N2CCC(C(=O)O)CC2C)CC1=O. The van der Waals surface area contributed by atoms with Crippen LogP contribution in [-0.2, 0) is 14.4 Å². The maximum Gasteiger partial charge on any atom is 0.306 e. The highest BCUT2D eigenvalue weighted by Gasteiger charge is 2.40. The topological polar surface area (TPSA) is 77.9 Å². The first-order valence-electron chi connectivity index (χ1n) is 7.64. The molecule has 6 heteroatoms. The number of rotatable bonds is 3. The standard InChI is InChI=1S/C15H24N2O4/c1-9(2)17-8-12(7-13(17)18)14(19)16-5-4-11(15(20)21)6-10(16)3/h9-12H,4-8H2,1-3H3,(H,20,21). The van der Waals surface area contributed by atoms with Crippen LogP contribution >= 0.6 is 0 Å². The van der Waals surface area contributed by atoms with E-state index >= 15 is 0 Å². The second kappa shape index (κ2) is 6.03. The lowest BCUT2D eigenvalue weighted by Crippen LogP contribution is -2.48. The molecule has 2 rings (SSSR count). The van der Waals surface area contributed by atoms with E-state index in [2.05, 4.69) is 0 Å². The zero-order chi connectivity index (χ0) is 15.7. The van der Waals surface area contributed by atoms with Gasteiger partial charge in [0.05, 0.1) is 11.8 Å². The van der Waals surface area contributed by atoms with Gasteiger partial charge in [0.25, 0.3) is 0 Å². The van der Waals surface area contributed by atoms with Crippen LogP contribution in [0.3, 0.4) is 0 Å². The minimum atomic E-state index is -0.782. The molecule has 2 heterocycles. The molecule has 6 nitrogen and oxygen atoms in total. The molecule has 2 amide bonds. The van der Waals surface area contributed by atoms with Crippen LogP contribution in [0.4, 0.5) is 0 Å². The van der Waals surface area contributed by atoms with Crippen molar-refractivity contribution in [1.29, 1.82) is 0 Å². The van der Waals surface area contributed by atoms with Crippen LogP contribution in [0, 0.1) is 11.8 Å². The minimum absolute atomic E-state index is 0.00263. The molecule has 0 radical (unpaired) electrons. The molecule has 3 unspecified atom stereocenters. The van der Waals surface area contributed by atoms with Crippen molar-refractivity contribution in [2.45, 2.75) is 52.1 Å². The maximum absolute atomic E-state index is 12.6. The van der Waals surface area contributed by atoms with Gasteiger partial charge in [-0.15, -0.1) is 0 Å². The largest absolute Gasteiger partial charge is 0.481 e. The molecule has 0 aromatic rings. The van der Waals surface area contributed by atoms with Gasteiger partial charge in [0, 0.05) is 31.6 Å². The molecule has 0 spiro atoms. The summed E-state index contributed by atoms with van der Waals surface area (Å²) in [4.78, 5) is 39.1. The number of piperidine rings is 1. The minimum Gasteiger partial charge on any atom is -0.481 e. The molecule has 0 bridgehead atoms. The molecular weight excluding hydrogens is 272 g/mol. The Labute approximate surface area is 125 Å². The molecule has 0 aliphatic carbocycles. The first-order valence-corrected chi connectivity index (χ1v) is 7.64. The van der Waals surface area contributed by atoms with E-state index in [0.717, 1.165) is 0 Å². The lowest BCUT2D eigenvalue weighted by atomic mass is 9.90. The first-order chi connectivity index (χ1) is 9.81. The van der Waals surface area contributed by atoms with Crippen LogP contribution in [0.2, 0.25) is 0 Å². The quantitative estimate of drug-likeness (QED) is 0.841. The number of carboxylic acids is 1. The number of nitrogens with zero attached hydrogens (tertiary/aromatic N) is 2. The monoisotopic (exact) mass is 296 g/mol. The number of carboxylic acid groups (broad SMARTS) is 1. The maximum atomic E-state index is 12.6. The van der Waals surface area contributed by atoms with E-state index in [4.69, 9.17) is 5.11 Å². The number of hydrogen-bond donors (Lipinski definition) is 1. The number of carbonyl (C=O) groups excluding carboxylic acids is 2. The fourth-order valence-corrected chi connectivity index (χ4v) is 3.35. The summed E-state index contributed by atoms with van der Waals surface area (Å²) in [6, 6.07) is 0.0426. The smallest absolute Gasteiger partial charge is 0.306 e. The van der Waals surface area contributed by atoms with E-state index in [1.807, 2.05) is 20.8 Å². The van der Waals surface area contributed by atoms with Crippen molar-refractivity contribution in [2.75, 3.05) is 13.1 Å². The Morgan fingerprint density at radius 1 is 1.29 bits per heavy atom. The van der Waals surface area contributed by atoms with E-state index in [0.29, 0.717) is 25.9 Å². The third-order valence-electron chi connectivity index (χ3n) is 4.64. The van der Waals surface area contributed by atoms with Crippen LogP contribution in [0.25, 0.3) is 0 Å². The zero-order valence-electron chi connectivity index (χ0n) is 12.9. The number of likely N-dealkylation sites (tertiary alicyclic amines) is 2. The van der Waals surface area contributed by atoms with Crippen LogP contribution < -0.4 is 0 Å². The summed E-state index contributed by atoms with van der Waals surface area (Å²) in [5.74, 6) is -1.37. The van der Waals surface area contributed by atoms with Gasteiger partial charge in [-0.3, -0.25) is 14.4 Å². The highest BCUT2D eigenvalue weighted by molar-refractivity contribution is 5.89. The summed E-state index contributed by atoms with van der Waals surface area (Å²) < 4.78 is 0. The van der Waals surface area contributed by atoms with Gasteiger partial charge in [-0.2, -0.15) is 0 Å². The van der Waals surface area contributed by atoms with E-state index in [1.165, 1.54) is 0 Å². The Balaban J connectivity index is 1.98. The number of aliphatic carboxylic acids is 1. The lowest BCUT2D eigenvalue weighted by molar-refractivity contribution is -0.148. The van der Waals surface area contributed by atoms with E-state index in [-0.39, 0.29) is 42.2 Å². The number of amides is 2. The summed E-state index contributed by atoms with van der Waals surface area (Å²) in [6.45, 7) is 6.76. The normalized spacial score (nSPS) is 30.1. The van der Waals surface area contributed by atoms with Gasteiger partial charge in [-0.1, -0.05) is 0 Å². The van der Waals surface area contributed by atoms with Crippen molar-refractivity contribution < 1.29 is 19.5 Å². The molecule has 2 aliphatic heterocycles. The van der Waals surface area contributed by atoms with Crippen LogP contribution in [0.15, 0.2) is 0 Å². The molecule has 0 saturated carbocycles. The molecule has 21 heavy (non-hydrogen) atoms. The van der Waals surface area contributed by atoms with Gasteiger partial charge < -0.3 is 14.9 Å². The molecule has 0 aromatic carbocycles. The van der Waals surface area contributed by atoms with Crippen LogP contribution in [0.1, 0.15) is 40.0 Å². The fraction of sp³-hybridized carbons (Fsp3) is 0.800. The second-order valence-corrected chi connectivity index (χ2v) is 6.48. The predicted molar refractivity (Wildman–Crippen MR) is 76.5 cm³/mol. The van der Waals surface area contributed by atoms with Crippen molar-refractivity contribution in [3.63, 3.8) is 0 Å². The average Bonchev–Trinajstić information content (AvgIpc) is 2.80. The van der Waals surface area contributed by atoms with Crippen molar-refractivity contribution in [3.8, 4) is 0 Å². The van der Waals surface area contributed by atoms with E-state index < -0.39 is 5.97 Å². The van der Waals surface area contributed by atoms with Crippen molar-refractivity contribution >= 4 is 17.8 Å². The number of carbonyl (C=O) groups is 3. The Kier molecular flexibility index (Phi) is 4.54. The van der Waals surface area contributed by atoms with E-state index in [1.54, 1.807) is 9.80 Å². The molecule has 3 atom stereocenters. The van der Waals surface area contributed by atoms with Crippen molar-refractivity contribution in [1.82, 2.24) is 9.80 Å².